The van der Waals surface area contributed by atoms with Gasteiger partial charge in [0, 0.05) is 18.9 Å². The van der Waals surface area contributed by atoms with Gasteiger partial charge in [-0.3, -0.25) is 4.98 Å². The summed E-state index contributed by atoms with van der Waals surface area (Å²) in [5, 5.41) is 0. The van der Waals surface area contributed by atoms with E-state index in [1.54, 1.807) is 30.3 Å². The van der Waals surface area contributed by atoms with Crippen molar-refractivity contribution in [1.82, 2.24) is 4.98 Å². The molecule has 0 atom stereocenters. The van der Waals surface area contributed by atoms with E-state index in [9.17, 15) is 4.39 Å². The van der Waals surface area contributed by atoms with Crippen molar-refractivity contribution in [2.45, 2.75) is 0 Å². The van der Waals surface area contributed by atoms with Gasteiger partial charge in [0.2, 0.25) is 0 Å². The summed E-state index contributed by atoms with van der Waals surface area (Å²) in [6.07, 6.45) is 1.68. The molecule has 2 aromatic rings. The fraction of sp³-hybridized carbons (Fsp3) is 0.0769. The molecule has 0 aliphatic heterocycles. The van der Waals surface area contributed by atoms with E-state index < -0.39 is 0 Å². The van der Waals surface area contributed by atoms with Crippen molar-refractivity contribution in [2.24, 2.45) is 0 Å². The maximum absolute atomic E-state index is 13.1. The van der Waals surface area contributed by atoms with Crippen molar-refractivity contribution in [1.29, 1.82) is 0 Å². The van der Waals surface area contributed by atoms with Gasteiger partial charge in [0.15, 0.2) is 0 Å². The van der Waals surface area contributed by atoms with Gasteiger partial charge in [-0.1, -0.05) is 24.4 Å². The van der Waals surface area contributed by atoms with Crippen molar-refractivity contribution in [2.75, 3.05) is 11.9 Å². The summed E-state index contributed by atoms with van der Waals surface area (Å²) in [5.74, 6) is -0.279. The highest BCUT2D eigenvalue weighted by Crippen LogP contribution is 2.16. The monoisotopic (exact) mass is 246 g/mol. The second kappa shape index (κ2) is 5.01. The van der Waals surface area contributed by atoms with Gasteiger partial charge in [-0.15, -0.1) is 0 Å². The molecular formula is C13H11FN2S. The van der Waals surface area contributed by atoms with Crippen LogP contribution in [0.5, 0.6) is 0 Å². The maximum Gasteiger partial charge on any atom is 0.132 e. The zero-order valence-electron chi connectivity index (χ0n) is 9.30. The maximum atomic E-state index is 13.1. The minimum atomic E-state index is -0.279. The molecule has 0 saturated heterocycles. The minimum Gasteiger partial charge on any atom is -0.334 e. The SMILES string of the molecule is CN(C(=S)c1ccccn1)c1cccc(F)c1. The first kappa shape index (κ1) is 11.7. The number of pyridine rings is 1. The number of hydrogen-bond donors (Lipinski definition) is 0. The van der Waals surface area contributed by atoms with Crippen LogP contribution in [0.2, 0.25) is 0 Å². The van der Waals surface area contributed by atoms with Crippen molar-refractivity contribution in [3.8, 4) is 0 Å². The molecule has 2 rings (SSSR count). The van der Waals surface area contributed by atoms with E-state index in [1.807, 2.05) is 18.2 Å². The molecule has 0 radical (unpaired) electrons. The number of halogens is 1. The Hall–Kier alpha value is -1.81. The normalized spacial score (nSPS) is 10.0. The number of hydrogen-bond acceptors (Lipinski definition) is 2. The standard InChI is InChI=1S/C13H11FN2S/c1-16(11-6-4-5-10(14)9-11)13(17)12-7-2-3-8-15-12/h2-9H,1H3. The van der Waals surface area contributed by atoms with Gasteiger partial charge in [-0.25, -0.2) is 4.39 Å². The fourth-order valence-electron chi connectivity index (χ4n) is 1.46. The molecule has 1 aromatic heterocycles. The number of benzene rings is 1. The molecule has 0 aliphatic rings. The third-order valence-corrected chi connectivity index (χ3v) is 2.87. The second-order valence-corrected chi connectivity index (χ2v) is 3.95. The molecular weight excluding hydrogens is 235 g/mol. The molecule has 86 valence electrons. The zero-order chi connectivity index (χ0) is 12.3. The molecule has 0 bridgehead atoms. The van der Waals surface area contributed by atoms with Crippen molar-refractivity contribution in [3.05, 3.63) is 60.2 Å². The van der Waals surface area contributed by atoms with E-state index in [4.69, 9.17) is 12.2 Å². The Labute approximate surface area is 105 Å². The number of aromatic nitrogens is 1. The van der Waals surface area contributed by atoms with Gasteiger partial charge < -0.3 is 4.90 Å². The third kappa shape index (κ3) is 2.65. The molecule has 1 heterocycles. The lowest BCUT2D eigenvalue weighted by Crippen LogP contribution is -2.26. The Balaban J connectivity index is 2.27. The van der Waals surface area contributed by atoms with Crippen LogP contribution in [0.25, 0.3) is 0 Å². The van der Waals surface area contributed by atoms with Crippen LogP contribution in [0.1, 0.15) is 5.69 Å². The van der Waals surface area contributed by atoms with Crippen LogP contribution in [-0.4, -0.2) is 17.0 Å². The van der Waals surface area contributed by atoms with E-state index in [0.29, 0.717) is 16.4 Å². The van der Waals surface area contributed by atoms with Crippen molar-refractivity contribution in [3.63, 3.8) is 0 Å². The molecule has 0 saturated carbocycles. The van der Waals surface area contributed by atoms with E-state index in [0.717, 1.165) is 0 Å². The second-order valence-electron chi connectivity index (χ2n) is 3.56. The van der Waals surface area contributed by atoms with E-state index >= 15 is 0 Å². The molecule has 2 nitrogen and oxygen atoms in total. The van der Waals surface area contributed by atoms with Crippen molar-refractivity contribution >= 4 is 22.9 Å². The summed E-state index contributed by atoms with van der Waals surface area (Å²) in [5.41, 5.74) is 1.41. The number of anilines is 1. The van der Waals surface area contributed by atoms with Gasteiger partial charge >= 0.3 is 0 Å². The molecule has 0 unspecified atom stereocenters. The van der Waals surface area contributed by atoms with Gasteiger partial charge in [0.25, 0.3) is 0 Å². The highest BCUT2D eigenvalue weighted by Gasteiger charge is 2.10. The molecule has 0 spiro atoms. The van der Waals surface area contributed by atoms with Gasteiger partial charge in [0.1, 0.15) is 10.8 Å². The van der Waals surface area contributed by atoms with Gasteiger partial charge in [-0.2, -0.15) is 0 Å². The molecule has 17 heavy (non-hydrogen) atoms. The predicted molar refractivity (Wildman–Crippen MR) is 70.7 cm³/mol. The van der Waals surface area contributed by atoms with Crippen molar-refractivity contribution < 1.29 is 4.39 Å². The van der Waals surface area contributed by atoms with Crippen LogP contribution in [0.4, 0.5) is 10.1 Å². The zero-order valence-corrected chi connectivity index (χ0v) is 10.1. The van der Waals surface area contributed by atoms with E-state index in [2.05, 4.69) is 4.98 Å². The summed E-state index contributed by atoms with van der Waals surface area (Å²) in [7, 11) is 1.80. The first-order chi connectivity index (χ1) is 8.18. The van der Waals surface area contributed by atoms with Crippen LogP contribution >= 0.6 is 12.2 Å². The summed E-state index contributed by atoms with van der Waals surface area (Å²) >= 11 is 5.31. The minimum absolute atomic E-state index is 0.279. The topological polar surface area (TPSA) is 16.1 Å². The predicted octanol–water partition coefficient (Wildman–Crippen LogP) is 3.03. The lowest BCUT2D eigenvalue weighted by molar-refractivity contribution is 0.628. The average Bonchev–Trinajstić information content (AvgIpc) is 2.38. The Kier molecular flexibility index (Phi) is 3.44. The molecule has 1 aromatic carbocycles. The number of thiocarbonyl (C=S) groups is 1. The Morgan fingerprint density at radius 2 is 2.06 bits per heavy atom. The first-order valence-corrected chi connectivity index (χ1v) is 5.54. The quantitative estimate of drug-likeness (QED) is 0.758. The summed E-state index contributed by atoms with van der Waals surface area (Å²) in [4.78, 5) is 6.47. The van der Waals surface area contributed by atoms with Crippen LogP contribution in [0.3, 0.4) is 0 Å². The van der Waals surface area contributed by atoms with Gasteiger partial charge in [0.05, 0.1) is 5.69 Å². The van der Waals surface area contributed by atoms with E-state index in [-0.39, 0.29) is 5.82 Å². The van der Waals surface area contributed by atoms with Gasteiger partial charge in [-0.05, 0) is 30.3 Å². The fourth-order valence-corrected chi connectivity index (χ4v) is 1.69. The number of nitrogens with zero attached hydrogens (tertiary/aromatic N) is 2. The summed E-state index contributed by atoms with van der Waals surface area (Å²) in [6, 6.07) is 11.8. The van der Waals surface area contributed by atoms with Crippen LogP contribution in [0, 0.1) is 5.82 Å². The largest absolute Gasteiger partial charge is 0.334 e. The lowest BCUT2D eigenvalue weighted by atomic mass is 10.2. The molecule has 0 fully saturated rings. The Morgan fingerprint density at radius 3 is 2.71 bits per heavy atom. The molecule has 4 heteroatoms. The smallest absolute Gasteiger partial charge is 0.132 e. The molecule has 0 N–H and O–H groups in total. The summed E-state index contributed by atoms with van der Waals surface area (Å²) in [6.45, 7) is 0. The third-order valence-electron chi connectivity index (χ3n) is 2.38. The molecule has 0 aliphatic carbocycles. The van der Waals surface area contributed by atoms with Crippen LogP contribution < -0.4 is 4.90 Å². The highest BCUT2D eigenvalue weighted by atomic mass is 32.1. The Bertz CT molecular complexity index is 528. The number of rotatable bonds is 2. The average molecular weight is 246 g/mol. The van der Waals surface area contributed by atoms with E-state index in [1.165, 1.54) is 12.1 Å². The first-order valence-electron chi connectivity index (χ1n) is 5.13. The molecule has 0 amide bonds. The van der Waals surface area contributed by atoms with Crippen LogP contribution in [-0.2, 0) is 0 Å². The summed E-state index contributed by atoms with van der Waals surface area (Å²) < 4.78 is 13.1. The van der Waals surface area contributed by atoms with Crippen LogP contribution in [0.15, 0.2) is 48.7 Å². The Morgan fingerprint density at radius 1 is 1.24 bits per heavy atom. The highest BCUT2D eigenvalue weighted by molar-refractivity contribution is 7.81. The lowest BCUT2D eigenvalue weighted by Gasteiger charge is -2.19.